The van der Waals surface area contributed by atoms with Gasteiger partial charge in [0.1, 0.15) is 6.54 Å². The number of nitrogens with one attached hydrogen (secondary N) is 1. The van der Waals surface area contributed by atoms with E-state index in [1.165, 1.54) is 20.3 Å². The predicted octanol–water partition coefficient (Wildman–Crippen LogP) is 1.28. The van der Waals surface area contributed by atoms with Crippen molar-refractivity contribution in [1.82, 2.24) is 15.0 Å². The number of halogens is 2. The molecule has 0 radical (unpaired) electrons. The fourth-order valence-electron chi connectivity index (χ4n) is 2.06. The first kappa shape index (κ1) is 19.6. The largest absolute Gasteiger partial charge is 0.493 e. The minimum atomic E-state index is -4.01. The van der Waals surface area contributed by atoms with Crippen LogP contribution < -0.4 is 14.8 Å². The Bertz CT molecular complexity index is 914. The summed E-state index contributed by atoms with van der Waals surface area (Å²) in [6.07, 6.45) is -2.40. The van der Waals surface area contributed by atoms with Crippen LogP contribution in [0.3, 0.4) is 0 Å². The highest BCUT2D eigenvalue weighted by atomic mass is 32.2. The van der Waals surface area contributed by atoms with Crippen molar-refractivity contribution >= 4 is 21.4 Å². The van der Waals surface area contributed by atoms with Gasteiger partial charge in [-0.2, -0.15) is 9.90 Å². The molecule has 0 unspecified atom stereocenters. The lowest BCUT2D eigenvalue weighted by Gasteiger charge is -2.10. The number of rotatable bonds is 7. The molecular weight excluding hydrogens is 374 g/mol. The molecule has 2 rings (SSSR count). The number of aromatic nitrogens is 3. The van der Waals surface area contributed by atoms with Gasteiger partial charge in [-0.25, -0.2) is 17.2 Å². The molecule has 1 amide bonds. The Morgan fingerprint density at radius 2 is 1.88 bits per heavy atom. The number of amides is 1. The standard InChI is InChI=1S/C14H16F2N4O5S/c1-24-9-5-4-8(6-10(9)25-2)17-11(21)7-20-18-12(13(15)16)14(19-20)26(3,22)23/h4-6,13H,7H2,1-3H3,(H,17,21). The molecule has 1 heterocycles. The van der Waals surface area contributed by atoms with Crippen LogP contribution in [0.4, 0.5) is 14.5 Å². The molecule has 0 aliphatic heterocycles. The first-order valence-electron chi connectivity index (χ1n) is 7.10. The van der Waals surface area contributed by atoms with Crippen LogP contribution in [0.25, 0.3) is 0 Å². The summed E-state index contributed by atoms with van der Waals surface area (Å²) in [6, 6.07) is 4.61. The van der Waals surface area contributed by atoms with E-state index in [0.29, 0.717) is 22.0 Å². The summed E-state index contributed by atoms with van der Waals surface area (Å²) in [5.41, 5.74) is -0.636. The maximum Gasteiger partial charge on any atom is 0.285 e. The average Bonchev–Trinajstić information content (AvgIpc) is 2.99. The van der Waals surface area contributed by atoms with Crippen LogP contribution in [0.2, 0.25) is 0 Å². The van der Waals surface area contributed by atoms with Gasteiger partial charge < -0.3 is 14.8 Å². The Hall–Kier alpha value is -2.76. The number of nitrogens with zero attached hydrogens (tertiary/aromatic N) is 3. The van der Waals surface area contributed by atoms with Crippen LogP contribution in [0.15, 0.2) is 23.2 Å². The lowest BCUT2D eigenvalue weighted by atomic mass is 10.2. The Balaban J connectivity index is 2.18. The monoisotopic (exact) mass is 390 g/mol. The van der Waals surface area contributed by atoms with Crippen molar-refractivity contribution in [3.05, 3.63) is 23.9 Å². The van der Waals surface area contributed by atoms with Gasteiger partial charge >= 0.3 is 0 Å². The molecule has 0 atom stereocenters. The van der Waals surface area contributed by atoms with Crippen LogP contribution in [0.1, 0.15) is 12.1 Å². The van der Waals surface area contributed by atoms with E-state index in [4.69, 9.17) is 9.47 Å². The highest BCUT2D eigenvalue weighted by molar-refractivity contribution is 7.90. The minimum Gasteiger partial charge on any atom is -0.493 e. The van der Waals surface area contributed by atoms with Gasteiger partial charge in [0.2, 0.25) is 10.9 Å². The molecule has 0 saturated heterocycles. The smallest absolute Gasteiger partial charge is 0.285 e. The van der Waals surface area contributed by atoms with Crippen molar-refractivity contribution in [1.29, 1.82) is 0 Å². The van der Waals surface area contributed by atoms with Gasteiger partial charge in [-0.15, -0.1) is 5.10 Å². The fraction of sp³-hybridized carbons (Fsp3) is 0.357. The molecule has 0 aliphatic carbocycles. The van der Waals surface area contributed by atoms with Gasteiger partial charge in [-0.1, -0.05) is 0 Å². The molecule has 142 valence electrons. The predicted molar refractivity (Wildman–Crippen MR) is 86.3 cm³/mol. The molecule has 12 heteroatoms. The van der Waals surface area contributed by atoms with Gasteiger partial charge in [0, 0.05) is 18.0 Å². The average molecular weight is 390 g/mol. The SMILES string of the molecule is COc1ccc(NC(=O)Cn2nc(C(F)F)c(S(C)(=O)=O)n2)cc1OC. The molecule has 1 aromatic carbocycles. The highest BCUT2D eigenvalue weighted by Gasteiger charge is 2.27. The zero-order valence-electron chi connectivity index (χ0n) is 14.1. The molecule has 2 aromatic rings. The molecule has 1 aromatic heterocycles. The Kier molecular flexibility index (Phi) is 5.75. The Labute approximate surface area is 147 Å². The Morgan fingerprint density at radius 3 is 2.38 bits per heavy atom. The van der Waals surface area contributed by atoms with E-state index in [0.717, 1.165) is 6.26 Å². The lowest BCUT2D eigenvalue weighted by molar-refractivity contribution is -0.117. The zero-order valence-corrected chi connectivity index (χ0v) is 14.9. The number of benzene rings is 1. The molecule has 0 fully saturated rings. The van der Waals surface area contributed by atoms with E-state index in [9.17, 15) is 22.0 Å². The normalized spacial score (nSPS) is 11.5. The molecule has 0 aliphatic rings. The summed E-state index contributed by atoms with van der Waals surface area (Å²) in [5, 5.41) is 8.51. The maximum atomic E-state index is 12.9. The second kappa shape index (κ2) is 7.64. The van der Waals surface area contributed by atoms with E-state index in [-0.39, 0.29) is 0 Å². The summed E-state index contributed by atoms with van der Waals surface area (Å²) in [5.74, 6) is 0.188. The van der Waals surface area contributed by atoms with Crippen LogP contribution in [0, 0.1) is 0 Å². The molecular formula is C14H16F2N4O5S. The summed E-state index contributed by atoms with van der Waals surface area (Å²) in [6.45, 7) is -0.552. The van der Waals surface area contributed by atoms with Gasteiger partial charge in [-0.3, -0.25) is 4.79 Å². The number of alkyl halides is 2. The first-order valence-corrected chi connectivity index (χ1v) is 9.00. The molecule has 0 spiro atoms. The Morgan fingerprint density at radius 1 is 1.23 bits per heavy atom. The van der Waals surface area contributed by atoms with Crippen molar-refractivity contribution in [2.24, 2.45) is 0 Å². The van der Waals surface area contributed by atoms with Gasteiger partial charge in [-0.05, 0) is 12.1 Å². The number of ether oxygens (including phenoxy) is 2. The summed E-state index contributed by atoms with van der Waals surface area (Å²) >= 11 is 0. The summed E-state index contributed by atoms with van der Waals surface area (Å²) in [4.78, 5) is 12.7. The van der Waals surface area contributed by atoms with E-state index >= 15 is 0 Å². The van der Waals surface area contributed by atoms with Crippen LogP contribution >= 0.6 is 0 Å². The van der Waals surface area contributed by atoms with Crippen LogP contribution in [0.5, 0.6) is 11.5 Å². The van der Waals surface area contributed by atoms with Crippen molar-refractivity contribution in [2.45, 2.75) is 18.0 Å². The van der Waals surface area contributed by atoms with Crippen molar-refractivity contribution in [3.8, 4) is 11.5 Å². The maximum absolute atomic E-state index is 12.9. The number of sulfone groups is 1. The van der Waals surface area contributed by atoms with E-state index in [1.807, 2.05) is 0 Å². The third kappa shape index (κ3) is 4.45. The molecule has 9 nitrogen and oxygen atoms in total. The topological polar surface area (TPSA) is 112 Å². The third-order valence-corrected chi connectivity index (χ3v) is 4.15. The molecule has 0 saturated carbocycles. The zero-order chi connectivity index (χ0) is 19.5. The highest BCUT2D eigenvalue weighted by Crippen LogP contribution is 2.29. The summed E-state index contributed by atoms with van der Waals surface area (Å²) < 4.78 is 59.0. The van der Waals surface area contributed by atoms with E-state index < -0.39 is 39.4 Å². The van der Waals surface area contributed by atoms with Crippen LogP contribution in [-0.4, -0.2) is 49.8 Å². The number of hydrogen-bond donors (Lipinski definition) is 1. The number of hydrogen-bond acceptors (Lipinski definition) is 7. The van der Waals surface area contributed by atoms with Crippen LogP contribution in [-0.2, 0) is 21.2 Å². The van der Waals surface area contributed by atoms with Gasteiger partial charge in [0.05, 0.1) is 14.2 Å². The van der Waals surface area contributed by atoms with E-state index in [2.05, 4.69) is 15.5 Å². The van der Waals surface area contributed by atoms with Gasteiger partial charge in [0.15, 0.2) is 27.0 Å². The minimum absolute atomic E-state index is 0.359. The number of carbonyl (C=O) groups is 1. The van der Waals surface area contributed by atoms with E-state index in [1.54, 1.807) is 12.1 Å². The van der Waals surface area contributed by atoms with Crippen molar-refractivity contribution < 1.29 is 31.5 Å². The number of carbonyl (C=O) groups excluding carboxylic acids is 1. The second-order valence-corrected chi connectivity index (χ2v) is 7.04. The van der Waals surface area contributed by atoms with Crippen molar-refractivity contribution in [3.63, 3.8) is 0 Å². The van der Waals surface area contributed by atoms with Gasteiger partial charge in [0.25, 0.3) is 6.43 Å². The summed E-state index contributed by atoms with van der Waals surface area (Å²) in [7, 11) is -1.12. The van der Waals surface area contributed by atoms with Crippen molar-refractivity contribution in [2.75, 3.05) is 25.8 Å². The quantitative estimate of drug-likeness (QED) is 0.758. The molecule has 1 N–H and O–H groups in total. The molecule has 0 bridgehead atoms. The number of anilines is 1. The number of methoxy groups -OCH3 is 2. The fourth-order valence-corrected chi connectivity index (χ4v) is 2.81. The third-order valence-electron chi connectivity index (χ3n) is 3.16. The molecule has 26 heavy (non-hydrogen) atoms. The lowest BCUT2D eigenvalue weighted by Crippen LogP contribution is -2.20. The first-order chi connectivity index (χ1) is 12.2. The second-order valence-electron chi connectivity index (χ2n) is 5.11.